The van der Waals surface area contributed by atoms with Gasteiger partial charge in [-0.05, 0) is 24.7 Å². The van der Waals surface area contributed by atoms with Gasteiger partial charge in [0.15, 0.2) is 0 Å². The Labute approximate surface area is 122 Å². The summed E-state index contributed by atoms with van der Waals surface area (Å²) in [7, 11) is 1.64. The van der Waals surface area contributed by atoms with Crippen molar-refractivity contribution in [3.05, 3.63) is 28.2 Å². The third-order valence-electron chi connectivity index (χ3n) is 3.04. The normalized spacial score (nSPS) is 12.5. The molecule has 0 radical (unpaired) electrons. The summed E-state index contributed by atoms with van der Waals surface area (Å²) in [6.07, 6.45) is 0. The van der Waals surface area contributed by atoms with Crippen molar-refractivity contribution in [3.63, 3.8) is 0 Å². The third kappa shape index (κ3) is 4.84. The molecule has 0 heterocycles. The first-order chi connectivity index (χ1) is 8.97. The number of nitrogens with zero attached hydrogens (tertiary/aromatic N) is 1. The Morgan fingerprint density at radius 2 is 2.21 bits per heavy atom. The van der Waals surface area contributed by atoms with Gasteiger partial charge in [0.25, 0.3) is 0 Å². The highest BCUT2D eigenvalue weighted by atomic mass is 79.9. The molecule has 1 aromatic carbocycles. The lowest BCUT2D eigenvalue weighted by atomic mass is 10.1. The van der Waals surface area contributed by atoms with Crippen LogP contribution in [0.4, 0.5) is 0 Å². The van der Waals surface area contributed by atoms with Crippen molar-refractivity contribution in [1.82, 2.24) is 4.90 Å². The molecule has 0 aliphatic rings. The summed E-state index contributed by atoms with van der Waals surface area (Å²) in [5.41, 5.74) is 1.05. The maximum absolute atomic E-state index is 10.9. The number of halogens is 1. The van der Waals surface area contributed by atoms with Gasteiger partial charge in [-0.3, -0.25) is 9.69 Å². The maximum atomic E-state index is 10.9. The summed E-state index contributed by atoms with van der Waals surface area (Å²) in [6.45, 7) is 5.76. The van der Waals surface area contributed by atoms with E-state index in [1.54, 1.807) is 14.0 Å². The molecule has 1 aromatic rings. The second-order valence-electron chi connectivity index (χ2n) is 4.52. The van der Waals surface area contributed by atoms with E-state index in [-0.39, 0.29) is 5.92 Å². The van der Waals surface area contributed by atoms with Crippen molar-refractivity contribution < 1.29 is 14.6 Å². The number of carboxylic acid groups (broad SMARTS) is 1. The highest BCUT2D eigenvalue weighted by molar-refractivity contribution is 9.10. The molecular weight excluding hydrogens is 310 g/mol. The molecule has 0 spiro atoms. The molecule has 0 fully saturated rings. The van der Waals surface area contributed by atoms with Crippen LogP contribution in [-0.4, -0.2) is 36.2 Å². The van der Waals surface area contributed by atoms with Crippen molar-refractivity contribution in [2.24, 2.45) is 5.92 Å². The molecule has 5 heteroatoms. The van der Waals surface area contributed by atoms with E-state index in [1.807, 2.05) is 25.1 Å². The highest BCUT2D eigenvalue weighted by Crippen LogP contribution is 2.24. The topological polar surface area (TPSA) is 49.8 Å². The Kier molecular flexibility index (Phi) is 6.31. The van der Waals surface area contributed by atoms with E-state index >= 15 is 0 Å². The average molecular weight is 330 g/mol. The fourth-order valence-electron chi connectivity index (χ4n) is 1.88. The molecule has 106 valence electrons. The van der Waals surface area contributed by atoms with E-state index in [4.69, 9.17) is 9.84 Å². The number of methoxy groups -OCH3 is 1. The Hall–Kier alpha value is -1.07. The number of benzene rings is 1. The number of rotatable bonds is 7. The van der Waals surface area contributed by atoms with Crippen LogP contribution in [0.25, 0.3) is 0 Å². The minimum atomic E-state index is -0.764. The molecule has 4 nitrogen and oxygen atoms in total. The summed E-state index contributed by atoms with van der Waals surface area (Å²) in [5.74, 6) is -0.317. The Bertz CT molecular complexity index is 437. The Balaban J connectivity index is 2.80. The fraction of sp³-hybridized carbons (Fsp3) is 0.500. The minimum absolute atomic E-state index is 0.377. The molecule has 0 aliphatic heterocycles. The third-order valence-corrected chi connectivity index (χ3v) is 3.53. The summed E-state index contributed by atoms with van der Waals surface area (Å²) in [5, 5.41) is 8.98. The Morgan fingerprint density at radius 3 is 2.74 bits per heavy atom. The van der Waals surface area contributed by atoms with Gasteiger partial charge in [0.2, 0.25) is 0 Å². The van der Waals surface area contributed by atoms with Crippen LogP contribution in [0.5, 0.6) is 5.75 Å². The van der Waals surface area contributed by atoms with Crippen molar-refractivity contribution in [3.8, 4) is 5.75 Å². The first-order valence-electron chi connectivity index (χ1n) is 6.25. The predicted octanol–water partition coefficient (Wildman–Crippen LogP) is 3.00. The standard InChI is InChI=1S/C14H20BrNO3/c1-4-16(8-10(2)14(17)18)9-11-7-12(15)5-6-13(11)19-3/h5-7,10H,4,8-9H2,1-3H3,(H,17,18). The molecule has 0 aliphatic carbocycles. The highest BCUT2D eigenvalue weighted by Gasteiger charge is 2.16. The van der Waals surface area contributed by atoms with Gasteiger partial charge in [0.05, 0.1) is 13.0 Å². The molecule has 19 heavy (non-hydrogen) atoms. The quantitative estimate of drug-likeness (QED) is 0.835. The van der Waals surface area contributed by atoms with Crippen LogP contribution < -0.4 is 4.74 Å². The van der Waals surface area contributed by atoms with Crippen molar-refractivity contribution >= 4 is 21.9 Å². The number of carbonyl (C=O) groups is 1. The largest absolute Gasteiger partial charge is 0.496 e. The molecule has 1 N–H and O–H groups in total. The summed E-state index contributed by atoms with van der Waals surface area (Å²) in [6, 6.07) is 5.85. The van der Waals surface area contributed by atoms with Gasteiger partial charge < -0.3 is 9.84 Å². The second kappa shape index (κ2) is 7.50. The molecule has 0 saturated carbocycles. The zero-order valence-corrected chi connectivity index (χ0v) is 13.1. The summed E-state index contributed by atoms with van der Waals surface area (Å²) >= 11 is 3.44. The van der Waals surface area contributed by atoms with Crippen LogP contribution >= 0.6 is 15.9 Å². The van der Waals surface area contributed by atoms with Gasteiger partial charge in [0, 0.05) is 23.1 Å². The van der Waals surface area contributed by atoms with Crippen LogP contribution in [0.15, 0.2) is 22.7 Å². The molecule has 1 rings (SSSR count). The number of hydrogen-bond donors (Lipinski definition) is 1. The van der Waals surface area contributed by atoms with Gasteiger partial charge in [-0.2, -0.15) is 0 Å². The van der Waals surface area contributed by atoms with Crippen LogP contribution in [0.2, 0.25) is 0 Å². The zero-order valence-electron chi connectivity index (χ0n) is 11.5. The fourth-order valence-corrected chi connectivity index (χ4v) is 2.29. The monoisotopic (exact) mass is 329 g/mol. The lowest BCUT2D eigenvalue weighted by molar-refractivity contribution is -0.141. The van der Waals surface area contributed by atoms with E-state index in [2.05, 4.69) is 20.8 Å². The Morgan fingerprint density at radius 1 is 1.53 bits per heavy atom. The maximum Gasteiger partial charge on any atom is 0.307 e. The van der Waals surface area contributed by atoms with E-state index < -0.39 is 5.97 Å². The minimum Gasteiger partial charge on any atom is -0.496 e. The first kappa shape index (κ1) is 16.0. The lowest BCUT2D eigenvalue weighted by Gasteiger charge is -2.23. The molecule has 0 amide bonds. The van der Waals surface area contributed by atoms with Crippen LogP contribution in [0.3, 0.4) is 0 Å². The second-order valence-corrected chi connectivity index (χ2v) is 5.44. The number of carboxylic acids is 1. The van der Waals surface area contributed by atoms with Crippen molar-refractivity contribution in [2.45, 2.75) is 20.4 Å². The van der Waals surface area contributed by atoms with Crippen molar-refractivity contribution in [1.29, 1.82) is 0 Å². The van der Waals surface area contributed by atoms with Crippen molar-refractivity contribution in [2.75, 3.05) is 20.2 Å². The van der Waals surface area contributed by atoms with Gasteiger partial charge in [0.1, 0.15) is 5.75 Å². The molecular formula is C14H20BrNO3. The van der Waals surface area contributed by atoms with E-state index in [0.717, 1.165) is 22.3 Å². The van der Waals surface area contributed by atoms with E-state index in [1.165, 1.54) is 0 Å². The zero-order chi connectivity index (χ0) is 14.4. The molecule has 1 unspecified atom stereocenters. The van der Waals surface area contributed by atoms with Crippen LogP contribution in [0.1, 0.15) is 19.4 Å². The van der Waals surface area contributed by atoms with E-state index in [0.29, 0.717) is 13.1 Å². The molecule has 0 bridgehead atoms. The number of aliphatic carboxylic acids is 1. The molecule has 1 atom stereocenters. The first-order valence-corrected chi connectivity index (χ1v) is 7.04. The van der Waals surface area contributed by atoms with Gasteiger partial charge in [-0.25, -0.2) is 0 Å². The lowest BCUT2D eigenvalue weighted by Crippen LogP contribution is -2.31. The average Bonchev–Trinajstić information content (AvgIpc) is 2.37. The van der Waals surface area contributed by atoms with Crippen LogP contribution in [-0.2, 0) is 11.3 Å². The van der Waals surface area contributed by atoms with E-state index in [9.17, 15) is 4.79 Å². The smallest absolute Gasteiger partial charge is 0.307 e. The SMILES string of the molecule is CCN(Cc1cc(Br)ccc1OC)CC(C)C(=O)O. The van der Waals surface area contributed by atoms with Gasteiger partial charge in [-0.15, -0.1) is 0 Å². The number of hydrogen-bond acceptors (Lipinski definition) is 3. The van der Waals surface area contributed by atoms with Gasteiger partial charge in [-0.1, -0.05) is 29.8 Å². The molecule has 0 aromatic heterocycles. The summed E-state index contributed by atoms with van der Waals surface area (Å²) < 4.78 is 6.33. The number of ether oxygens (including phenoxy) is 1. The van der Waals surface area contributed by atoms with Crippen LogP contribution in [0, 0.1) is 5.92 Å². The molecule has 0 saturated heterocycles. The predicted molar refractivity (Wildman–Crippen MR) is 78.4 cm³/mol. The summed E-state index contributed by atoms with van der Waals surface area (Å²) in [4.78, 5) is 13.0. The van der Waals surface area contributed by atoms with Gasteiger partial charge >= 0.3 is 5.97 Å².